The fourth-order valence-electron chi connectivity index (χ4n) is 9.70. The number of nitrogens with one attached hydrogen (secondary N) is 4. The molecule has 0 amide bonds. The number of nitrogen functional groups attached to an aromatic ring is 4. The van der Waals surface area contributed by atoms with Crippen molar-refractivity contribution >= 4 is 184 Å². The number of halogens is 1. The minimum Gasteiger partial charge on any atom is -0.493 e. The third-order valence-corrected chi connectivity index (χ3v) is 19.7. The fraction of sp³-hybridized carbons (Fsp3) is 0.0615. The number of nitrogens with zero attached hydrogens (tertiary/aromatic N) is 16. The molecule has 38 heteroatoms. The predicted octanol–water partition coefficient (Wildman–Crippen LogP) is 12.1. The number of aromatic carboxylic acids is 1. The van der Waals surface area contributed by atoms with Crippen LogP contribution in [0.1, 0.15) is 15.9 Å². The van der Waals surface area contributed by atoms with Crippen LogP contribution in [-0.4, -0.2) is 120 Å². The van der Waals surface area contributed by atoms with Gasteiger partial charge in [0.05, 0.1) is 72.2 Å². The van der Waals surface area contributed by atoms with E-state index in [0.29, 0.717) is 83.2 Å². The van der Waals surface area contributed by atoms with Gasteiger partial charge in [-0.1, -0.05) is 129 Å². The molecule has 0 aliphatic carbocycles. The molecule has 16 rings (SSSR count). The van der Waals surface area contributed by atoms with Crippen molar-refractivity contribution in [1.82, 2.24) is 79.0 Å². The number of anilines is 12. The van der Waals surface area contributed by atoms with Crippen molar-refractivity contribution < 1.29 is 32.5 Å². The molecule has 8 aromatic heterocycles. The van der Waals surface area contributed by atoms with Crippen LogP contribution >= 0.6 is 56.9 Å². The number of methoxy groups -OCH3 is 3. The number of sulfonamides is 1. The van der Waals surface area contributed by atoms with Gasteiger partial charge in [-0.05, 0) is 104 Å². The van der Waals surface area contributed by atoms with Gasteiger partial charge in [0.2, 0.25) is 83.9 Å². The van der Waals surface area contributed by atoms with Crippen molar-refractivity contribution in [3.8, 4) is 37.8 Å². The minimum atomic E-state index is -3.80. The molecule has 0 aliphatic heterocycles. The quantitative estimate of drug-likeness (QED) is 0.0405. The maximum Gasteiger partial charge on any atom is 0.335 e. The highest BCUT2D eigenvalue weighted by atomic mass is 35.5. The summed E-state index contributed by atoms with van der Waals surface area (Å²) < 4.78 is 48.9. The number of primary sulfonamides is 1. The first-order valence-electron chi connectivity index (χ1n) is 30.2. The van der Waals surface area contributed by atoms with Crippen LogP contribution < -0.4 is 63.6 Å². The van der Waals surface area contributed by atoms with Crippen LogP contribution in [-0.2, 0) is 10.0 Å². The molecule has 16 aromatic rings. The number of benzene rings is 8. The highest BCUT2D eigenvalue weighted by Gasteiger charge is 2.21. The van der Waals surface area contributed by atoms with Gasteiger partial charge in [-0.25, -0.2) is 38.3 Å². The van der Waals surface area contributed by atoms with E-state index in [4.69, 9.17) is 59.0 Å². The molecule has 8 aromatic carbocycles. The van der Waals surface area contributed by atoms with Gasteiger partial charge in [0.1, 0.15) is 5.52 Å². The number of ether oxygens (including phenoxy) is 3. The van der Waals surface area contributed by atoms with Crippen molar-refractivity contribution in [2.75, 3.05) is 65.5 Å². The molecule has 32 nitrogen and oxygen atoms in total. The van der Waals surface area contributed by atoms with E-state index < -0.39 is 16.0 Å². The van der Waals surface area contributed by atoms with E-state index in [1.807, 2.05) is 116 Å². The van der Waals surface area contributed by atoms with E-state index in [9.17, 15) is 13.2 Å². The van der Waals surface area contributed by atoms with Crippen molar-refractivity contribution in [2.24, 2.45) is 5.14 Å². The van der Waals surface area contributed by atoms with E-state index in [2.05, 4.69) is 81.5 Å². The number of nitrogens with two attached hydrogens (primary N) is 5. The molecule has 0 atom stereocenters. The van der Waals surface area contributed by atoms with Gasteiger partial charge < -0.3 is 63.5 Å². The Morgan fingerprint density at radius 3 is 1.25 bits per heavy atom. The number of hydrogen-bond acceptors (Lipinski definition) is 30. The molecule has 0 unspecified atom stereocenters. The summed E-state index contributed by atoms with van der Waals surface area (Å²) in [7, 11) is 0.838. The minimum absolute atomic E-state index is 0.0129. The molecular formula is C65H56ClN25O7S5. The molecular weight excluding hydrogens is 1440 g/mol. The highest BCUT2D eigenvalue weighted by Crippen LogP contribution is 2.41. The van der Waals surface area contributed by atoms with Gasteiger partial charge >= 0.3 is 5.97 Å². The van der Waals surface area contributed by atoms with Gasteiger partial charge in [0, 0.05) is 34.9 Å². The van der Waals surface area contributed by atoms with Crippen molar-refractivity contribution in [3.63, 3.8) is 0 Å². The van der Waals surface area contributed by atoms with Gasteiger partial charge in [-0.15, -0.1) is 20.4 Å². The molecule has 0 fully saturated rings. The van der Waals surface area contributed by atoms with Crippen LogP contribution in [0.4, 0.5) is 70.3 Å². The molecule has 0 saturated heterocycles. The number of hydrogen-bond donors (Lipinski definition) is 10. The first kappa shape index (κ1) is 68.9. The normalized spacial score (nSPS) is 11.1. The van der Waals surface area contributed by atoms with Crippen molar-refractivity contribution in [3.05, 3.63) is 192 Å². The van der Waals surface area contributed by atoms with Gasteiger partial charge in [0.15, 0.2) is 11.5 Å². The SMILES string of the molecule is COc1cc(Nc2nc(N)n(-c3nc4c(Cl)cccc4s3)n2)cc(OC)c1OC.Cc1ccc(Nc2nc(N)n(-c3nc4ccccc4s3)n2)cc1.Nc1nc(Nc2cccc(C(=O)O)c2)nn1-c1nc2ccccc2s1.Nc1nc(Nc2cccc(S(N)(=O)=O)c2)nn1-c1nc2ccccc2s1. The summed E-state index contributed by atoms with van der Waals surface area (Å²) in [6.07, 6.45) is 0. The van der Waals surface area contributed by atoms with Crippen molar-refractivity contribution in [1.29, 1.82) is 0 Å². The lowest BCUT2D eigenvalue weighted by Gasteiger charge is -2.14. The molecule has 0 radical (unpaired) electrons. The van der Waals surface area contributed by atoms with Crippen LogP contribution in [0.5, 0.6) is 17.2 Å². The maximum absolute atomic E-state index is 11.5. The Hall–Kier alpha value is -12.7. The van der Waals surface area contributed by atoms with E-state index in [1.165, 1.54) is 89.2 Å². The highest BCUT2D eigenvalue weighted by molar-refractivity contribution is 7.89. The Balaban J connectivity index is 0.000000123. The number of para-hydroxylation sites is 4. The van der Waals surface area contributed by atoms with E-state index in [0.717, 1.165) is 41.0 Å². The Kier molecular flexibility index (Phi) is 19.8. The zero-order valence-corrected chi connectivity index (χ0v) is 58.9. The molecule has 520 valence electrons. The second-order valence-corrected chi connectivity index (χ2v) is 27.5. The summed E-state index contributed by atoms with van der Waals surface area (Å²) in [5, 5.41) is 46.8. The van der Waals surface area contributed by atoms with Crippen LogP contribution in [0.2, 0.25) is 5.02 Å². The molecule has 0 saturated carbocycles. The molecule has 0 aliphatic rings. The number of rotatable bonds is 17. The summed E-state index contributed by atoms with van der Waals surface area (Å²) in [6, 6.07) is 52.9. The zero-order chi connectivity index (χ0) is 72.1. The Labute approximate surface area is 604 Å². The van der Waals surface area contributed by atoms with Crippen molar-refractivity contribution in [2.45, 2.75) is 11.8 Å². The number of aryl methyl sites for hydroxylation is 1. The average molecular weight is 1500 g/mol. The van der Waals surface area contributed by atoms with Crippen LogP contribution in [0.3, 0.4) is 0 Å². The lowest BCUT2D eigenvalue weighted by atomic mass is 10.2. The first-order valence-corrected chi connectivity index (χ1v) is 35.4. The number of aromatic nitrogens is 16. The zero-order valence-electron chi connectivity index (χ0n) is 54.1. The van der Waals surface area contributed by atoms with E-state index in [1.54, 1.807) is 68.5 Å². The number of thiazole rings is 4. The average Bonchev–Trinajstić information content (AvgIpc) is 1.68. The summed E-state index contributed by atoms with van der Waals surface area (Å²) in [5.41, 5.74) is 31.2. The topological polar surface area (TPSA) is 452 Å². The molecule has 0 spiro atoms. The number of fused-ring (bicyclic) bond motifs is 4. The Bertz CT molecular complexity index is 5770. The first-order chi connectivity index (χ1) is 49.7. The Morgan fingerprint density at radius 2 is 0.835 bits per heavy atom. The van der Waals surface area contributed by atoms with Gasteiger partial charge in [-0.2, -0.15) is 38.7 Å². The largest absolute Gasteiger partial charge is 0.493 e. The molecule has 15 N–H and O–H groups in total. The third kappa shape index (κ3) is 15.7. The molecule has 103 heavy (non-hydrogen) atoms. The van der Waals surface area contributed by atoms with Gasteiger partial charge in [-0.3, -0.25) is 0 Å². The Morgan fingerprint density at radius 1 is 0.447 bits per heavy atom. The van der Waals surface area contributed by atoms with Crippen LogP contribution in [0, 0.1) is 6.92 Å². The van der Waals surface area contributed by atoms with Gasteiger partial charge in [0.25, 0.3) is 0 Å². The summed E-state index contributed by atoms with van der Waals surface area (Å²) in [5.74, 6) is 2.56. The third-order valence-electron chi connectivity index (χ3n) is 14.5. The van der Waals surface area contributed by atoms with E-state index in [-0.39, 0.29) is 40.2 Å². The standard InChI is InChI=1S/C18H17ClN6O3S.C16H12N6O2S.C16H14N6S.C15H13N7O2S2/c1-26-11-7-9(8-12(27-2)15(11)28-3)21-17-23-16(20)25(24-17)18-22-14-10(19)5-4-6-13(14)29-18;17-14-20-15(18-10-5-3-4-9(8-10)13(23)24)21-22(14)16-19-11-6-1-2-7-12(11)25-16;1-10-6-8-11(9-7-10)18-15-20-14(17)22(21-15)16-19-12-4-2-3-5-13(12)23-16;16-13-20-14(18-9-4-3-5-10(8-9)26(17,23)24)21-22(13)15-19-11-6-1-2-7-12(11)25-15/h4-8H,1-3H3,(H3,20,21,23,24);1-8H,(H,23,24)(H3,17,18,20,21);2-9H,1H3,(H3,17,18,20,21);1-8H,(H2,17,23,24)(H3,16,18,20,21). The number of carboxylic acid groups (broad SMARTS) is 1. The predicted molar refractivity (Wildman–Crippen MR) is 402 cm³/mol. The molecule has 8 heterocycles. The summed E-state index contributed by atoms with van der Waals surface area (Å²) >= 11 is 12.0. The van der Waals surface area contributed by atoms with Crippen LogP contribution in [0.15, 0.2) is 181 Å². The number of carbonyl (C=O) groups is 1. The van der Waals surface area contributed by atoms with Crippen LogP contribution in [0.25, 0.3) is 61.4 Å². The second kappa shape index (κ2) is 29.7. The number of carboxylic acids is 1. The monoisotopic (exact) mass is 1490 g/mol. The summed E-state index contributed by atoms with van der Waals surface area (Å²) in [6.45, 7) is 2.04. The maximum atomic E-state index is 11.5. The fourth-order valence-corrected chi connectivity index (χ4v) is 14.3. The lowest BCUT2D eigenvalue weighted by Crippen LogP contribution is -2.12. The second-order valence-electron chi connectivity index (χ2n) is 21.5. The van der Waals surface area contributed by atoms with E-state index >= 15 is 0 Å². The summed E-state index contributed by atoms with van der Waals surface area (Å²) in [4.78, 5) is 45.9. The smallest absolute Gasteiger partial charge is 0.335 e. The lowest BCUT2D eigenvalue weighted by molar-refractivity contribution is 0.0696. The molecule has 0 bridgehead atoms.